The molecule has 0 heterocycles. The molecule has 0 aromatic heterocycles. The van der Waals surface area contributed by atoms with Gasteiger partial charge in [-0.25, -0.2) is 4.79 Å². The third-order valence-corrected chi connectivity index (χ3v) is 7.05. The van der Waals surface area contributed by atoms with E-state index in [0.29, 0.717) is 35.2 Å². The number of ether oxygens (including phenoxy) is 1. The molecule has 0 radical (unpaired) electrons. The number of aliphatic hydroxyl groups excluding tert-OH is 1. The fraction of sp³-hybridized carbons (Fsp3) is 0.444. The molecule has 0 fully saturated rings. The number of nitrogens with two attached hydrogens (primary N) is 1. The van der Waals surface area contributed by atoms with Crippen LogP contribution in [0.1, 0.15) is 67.5 Å². The average molecular weight is 510 g/mol. The lowest BCUT2D eigenvalue weighted by molar-refractivity contribution is 0.174. The van der Waals surface area contributed by atoms with Crippen LogP contribution in [-0.4, -0.2) is 46.9 Å². The van der Waals surface area contributed by atoms with Crippen molar-refractivity contribution >= 4 is 22.8 Å². The molecule has 1 unspecified atom stereocenters. The first kappa shape index (κ1) is 27.4. The largest absolute Gasteiger partial charge is 0.490 e. The monoisotopic (exact) mass is 509 g/mol. The Morgan fingerprint density at radius 3 is 2.83 bits per heavy atom. The molecule has 2 aromatic rings. The van der Waals surface area contributed by atoms with Crippen LogP contribution < -0.4 is 15.9 Å². The van der Waals surface area contributed by atoms with Gasteiger partial charge in [-0.2, -0.15) is 10.4 Å². The summed E-state index contributed by atoms with van der Waals surface area (Å²) < 4.78 is 5.72. The van der Waals surface area contributed by atoms with E-state index < -0.39 is 0 Å². The standard InChI is InChI=1S/C27H35N5O3S/c1-4-12-32(13-14-33)27(34)30-24-10-9-21-22(24)6-5-7-23(21)26(31-29)36-17-19-8-11-25(35-18(2)3)20(15-19)16-28/h5-8,11,15,18,24,33H,4,9-10,12-14,17,29H2,1-3H3,(H,30,34). The Bertz CT molecular complexity index is 1120. The fourth-order valence-corrected chi connectivity index (χ4v) is 5.30. The summed E-state index contributed by atoms with van der Waals surface area (Å²) in [6.45, 7) is 6.73. The zero-order valence-corrected chi connectivity index (χ0v) is 22.0. The molecule has 1 aliphatic rings. The summed E-state index contributed by atoms with van der Waals surface area (Å²) >= 11 is 1.52. The lowest BCUT2D eigenvalue weighted by Crippen LogP contribution is -2.43. The Kier molecular flexibility index (Phi) is 10.0. The van der Waals surface area contributed by atoms with Crippen LogP contribution in [0.5, 0.6) is 5.75 Å². The van der Waals surface area contributed by atoms with Crippen molar-refractivity contribution in [3.63, 3.8) is 0 Å². The first-order valence-corrected chi connectivity index (χ1v) is 13.3. The van der Waals surface area contributed by atoms with Gasteiger partial charge in [0.1, 0.15) is 16.9 Å². The van der Waals surface area contributed by atoms with Crippen LogP contribution in [0.15, 0.2) is 41.5 Å². The SMILES string of the molecule is CCCN(CCO)C(=O)NC1CCc2c(C(=NN)SCc3ccc(OC(C)C)c(C#N)c3)cccc21. The van der Waals surface area contributed by atoms with Gasteiger partial charge in [0.2, 0.25) is 0 Å². The molecule has 2 aromatic carbocycles. The lowest BCUT2D eigenvalue weighted by Gasteiger charge is -2.24. The van der Waals surface area contributed by atoms with E-state index in [0.717, 1.165) is 41.5 Å². The molecule has 9 heteroatoms. The number of benzene rings is 2. The van der Waals surface area contributed by atoms with Crippen LogP contribution >= 0.6 is 11.8 Å². The van der Waals surface area contributed by atoms with Crippen LogP contribution in [0.4, 0.5) is 4.79 Å². The molecule has 0 saturated carbocycles. The second-order valence-corrected chi connectivity index (χ2v) is 9.92. The van der Waals surface area contributed by atoms with Crippen LogP contribution in [0.2, 0.25) is 0 Å². The van der Waals surface area contributed by atoms with Gasteiger partial charge in [-0.15, -0.1) is 0 Å². The highest BCUT2D eigenvalue weighted by molar-refractivity contribution is 8.13. The molecular weight excluding hydrogens is 474 g/mol. The molecule has 36 heavy (non-hydrogen) atoms. The minimum atomic E-state index is -0.158. The van der Waals surface area contributed by atoms with Crippen LogP contribution in [0, 0.1) is 11.3 Å². The fourth-order valence-electron chi connectivity index (χ4n) is 4.40. The number of urea groups is 1. The predicted octanol–water partition coefficient (Wildman–Crippen LogP) is 4.30. The summed E-state index contributed by atoms with van der Waals surface area (Å²) in [6.07, 6.45) is 2.42. The Labute approximate surface area is 217 Å². The van der Waals surface area contributed by atoms with Crippen molar-refractivity contribution in [2.24, 2.45) is 10.9 Å². The van der Waals surface area contributed by atoms with Gasteiger partial charge in [0.25, 0.3) is 0 Å². The molecule has 0 saturated heterocycles. The molecule has 4 N–H and O–H groups in total. The summed E-state index contributed by atoms with van der Waals surface area (Å²) in [4.78, 5) is 14.4. The zero-order chi connectivity index (χ0) is 26.1. The quantitative estimate of drug-likeness (QED) is 0.190. The Morgan fingerprint density at radius 2 is 2.17 bits per heavy atom. The van der Waals surface area contributed by atoms with Gasteiger partial charge in [-0.3, -0.25) is 0 Å². The van der Waals surface area contributed by atoms with E-state index in [1.807, 2.05) is 57.2 Å². The Hall–Kier alpha value is -3.22. The van der Waals surface area contributed by atoms with Crippen molar-refractivity contribution < 1.29 is 14.6 Å². The van der Waals surface area contributed by atoms with Crippen molar-refractivity contribution in [3.05, 3.63) is 64.2 Å². The third kappa shape index (κ3) is 6.71. The van der Waals surface area contributed by atoms with E-state index in [-0.39, 0.29) is 24.8 Å². The van der Waals surface area contributed by atoms with Crippen molar-refractivity contribution in [3.8, 4) is 11.8 Å². The molecular formula is C27H35N5O3S. The number of hydrazone groups is 1. The van der Waals surface area contributed by atoms with Gasteiger partial charge in [-0.05, 0) is 61.9 Å². The smallest absolute Gasteiger partial charge is 0.317 e. The number of amides is 2. The van der Waals surface area contributed by atoms with Crippen molar-refractivity contribution in [2.75, 3.05) is 19.7 Å². The van der Waals surface area contributed by atoms with E-state index in [2.05, 4.69) is 16.5 Å². The minimum absolute atomic E-state index is 0.00789. The third-order valence-electron chi connectivity index (χ3n) is 5.97. The molecule has 8 nitrogen and oxygen atoms in total. The van der Waals surface area contributed by atoms with E-state index in [1.54, 1.807) is 4.90 Å². The molecule has 0 spiro atoms. The highest BCUT2D eigenvalue weighted by Crippen LogP contribution is 2.35. The van der Waals surface area contributed by atoms with E-state index in [9.17, 15) is 15.2 Å². The summed E-state index contributed by atoms with van der Waals surface area (Å²) in [7, 11) is 0. The summed E-state index contributed by atoms with van der Waals surface area (Å²) in [5, 5.41) is 26.7. The van der Waals surface area contributed by atoms with Gasteiger partial charge in [-0.1, -0.05) is 43.0 Å². The summed E-state index contributed by atoms with van der Waals surface area (Å²) in [6, 6.07) is 13.6. The highest BCUT2D eigenvalue weighted by atomic mass is 32.2. The number of hydrogen-bond donors (Lipinski definition) is 3. The summed E-state index contributed by atoms with van der Waals surface area (Å²) in [5.41, 5.74) is 4.67. The van der Waals surface area contributed by atoms with Crippen LogP contribution in [0.3, 0.4) is 0 Å². The van der Waals surface area contributed by atoms with Gasteiger partial charge in [0, 0.05) is 24.4 Å². The predicted molar refractivity (Wildman–Crippen MR) is 144 cm³/mol. The number of nitrogens with one attached hydrogen (secondary N) is 1. The highest BCUT2D eigenvalue weighted by Gasteiger charge is 2.28. The maximum Gasteiger partial charge on any atom is 0.317 e. The number of nitrogens with zero attached hydrogens (tertiary/aromatic N) is 3. The van der Waals surface area contributed by atoms with Gasteiger partial charge >= 0.3 is 6.03 Å². The van der Waals surface area contributed by atoms with Crippen molar-refractivity contribution in [1.29, 1.82) is 5.26 Å². The van der Waals surface area contributed by atoms with E-state index in [4.69, 9.17) is 10.6 Å². The zero-order valence-electron chi connectivity index (χ0n) is 21.2. The first-order chi connectivity index (χ1) is 17.4. The number of hydrogen-bond acceptors (Lipinski definition) is 7. The molecule has 0 bridgehead atoms. The van der Waals surface area contributed by atoms with Crippen molar-refractivity contribution in [1.82, 2.24) is 10.2 Å². The van der Waals surface area contributed by atoms with Crippen LogP contribution in [-0.2, 0) is 12.2 Å². The number of nitriles is 1. The Balaban J connectivity index is 1.73. The molecule has 192 valence electrons. The van der Waals surface area contributed by atoms with E-state index in [1.165, 1.54) is 11.8 Å². The summed E-state index contributed by atoms with van der Waals surface area (Å²) in [5.74, 6) is 7.00. The molecule has 3 rings (SSSR count). The topological polar surface area (TPSA) is 124 Å². The van der Waals surface area contributed by atoms with Crippen molar-refractivity contribution in [2.45, 2.75) is 57.9 Å². The second-order valence-electron chi connectivity index (χ2n) is 8.96. The molecule has 1 aliphatic carbocycles. The van der Waals surface area contributed by atoms with Crippen LogP contribution in [0.25, 0.3) is 0 Å². The lowest BCUT2D eigenvalue weighted by atomic mass is 10.0. The van der Waals surface area contributed by atoms with E-state index >= 15 is 0 Å². The Morgan fingerprint density at radius 1 is 1.36 bits per heavy atom. The number of thioether (sulfide) groups is 1. The maximum absolute atomic E-state index is 12.8. The number of rotatable bonds is 10. The molecule has 2 amide bonds. The van der Waals surface area contributed by atoms with Gasteiger partial charge in [0.15, 0.2) is 0 Å². The second kappa shape index (κ2) is 13.2. The number of aliphatic hydroxyl groups is 1. The number of fused-ring (bicyclic) bond motifs is 1. The minimum Gasteiger partial charge on any atom is -0.490 e. The normalized spacial score (nSPS) is 14.9. The first-order valence-electron chi connectivity index (χ1n) is 12.3. The molecule has 1 atom stereocenters. The maximum atomic E-state index is 12.8. The number of carbonyl (C=O) groups is 1. The average Bonchev–Trinajstić information content (AvgIpc) is 3.28. The van der Waals surface area contributed by atoms with Gasteiger partial charge < -0.3 is 25.9 Å². The molecule has 0 aliphatic heterocycles. The number of carbonyl (C=O) groups excluding carboxylic acids is 1. The van der Waals surface area contributed by atoms with Gasteiger partial charge in [0.05, 0.1) is 24.3 Å².